The summed E-state index contributed by atoms with van der Waals surface area (Å²) in [5, 5.41) is 2.14. The quantitative estimate of drug-likeness (QED) is 0.562. The van der Waals surface area contributed by atoms with Gasteiger partial charge in [-0.2, -0.15) is 0 Å². The predicted molar refractivity (Wildman–Crippen MR) is 83.5 cm³/mol. The maximum absolute atomic E-state index is 12.7. The molecule has 0 amide bonds. The molecule has 0 aliphatic rings. The first-order valence-electron chi connectivity index (χ1n) is 6.80. The monoisotopic (exact) mass is 272 g/mol. The number of hydrogen-bond acceptors (Lipinski definition) is 2. The minimum absolute atomic E-state index is 0.0623. The lowest BCUT2D eigenvalue weighted by molar-refractivity contribution is 0.103. The highest BCUT2D eigenvalue weighted by Gasteiger charge is 2.16. The van der Waals surface area contributed by atoms with Crippen LogP contribution < -0.4 is 0 Å². The van der Waals surface area contributed by atoms with E-state index in [-0.39, 0.29) is 5.78 Å². The van der Waals surface area contributed by atoms with Gasteiger partial charge < -0.3 is 4.98 Å². The summed E-state index contributed by atoms with van der Waals surface area (Å²) in [6.07, 6.45) is 1.69. The summed E-state index contributed by atoms with van der Waals surface area (Å²) >= 11 is 0. The number of aromatic amines is 1. The normalized spacial score (nSPS) is 11.0. The minimum atomic E-state index is -0.0623. The molecule has 0 radical (unpaired) electrons. The van der Waals surface area contributed by atoms with Crippen LogP contribution in [0.2, 0.25) is 0 Å². The number of carbonyl (C=O) groups excluding carboxylic acids is 1. The molecule has 0 saturated heterocycles. The molecule has 1 N–H and O–H groups in total. The highest BCUT2D eigenvalue weighted by Crippen LogP contribution is 2.27. The minimum Gasteiger partial charge on any atom is -0.353 e. The second kappa shape index (κ2) is 4.56. The first-order chi connectivity index (χ1) is 10.3. The average Bonchev–Trinajstić information content (AvgIpc) is 2.94. The maximum atomic E-state index is 12.7. The van der Waals surface area contributed by atoms with E-state index in [0.29, 0.717) is 11.3 Å². The Morgan fingerprint density at radius 1 is 0.857 bits per heavy atom. The van der Waals surface area contributed by atoms with Crippen molar-refractivity contribution in [3.63, 3.8) is 0 Å². The Kier molecular flexibility index (Phi) is 2.57. The largest absolute Gasteiger partial charge is 0.353 e. The number of fused-ring (bicyclic) bond motifs is 3. The highest BCUT2D eigenvalue weighted by atomic mass is 16.1. The Hall–Kier alpha value is -2.94. The lowest BCUT2D eigenvalue weighted by atomic mass is 10.1. The summed E-state index contributed by atoms with van der Waals surface area (Å²) in [6.45, 7) is 0. The van der Waals surface area contributed by atoms with E-state index in [9.17, 15) is 4.79 Å². The molecule has 0 bridgehead atoms. The molecule has 0 aliphatic heterocycles. The van der Waals surface area contributed by atoms with Crippen LogP contribution in [0, 0.1) is 0 Å². The van der Waals surface area contributed by atoms with Crippen molar-refractivity contribution in [3.05, 3.63) is 78.1 Å². The van der Waals surface area contributed by atoms with E-state index >= 15 is 0 Å². The van der Waals surface area contributed by atoms with Crippen LogP contribution in [0.25, 0.3) is 21.8 Å². The Morgan fingerprint density at radius 2 is 1.62 bits per heavy atom. The van der Waals surface area contributed by atoms with Crippen molar-refractivity contribution in [2.75, 3.05) is 0 Å². The van der Waals surface area contributed by atoms with Gasteiger partial charge in [0.25, 0.3) is 0 Å². The number of ketones is 1. The van der Waals surface area contributed by atoms with Crippen molar-refractivity contribution >= 4 is 27.6 Å². The fourth-order valence-corrected chi connectivity index (χ4v) is 2.67. The standard InChI is InChI=1S/C18H12N2O/c21-18(12-6-2-1-3-7-12)17-16-14(10-11-19-17)13-8-4-5-9-15(13)20-16/h1-11,20H. The van der Waals surface area contributed by atoms with E-state index in [1.807, 2.05) is 60.7 Å². The molecule has 3 heteroatoms. The predicted octanol–water partition coefficient (Wildman–Crippen LogP) is 3.95. The molecule has 21 heavy (non-hydrogen) atoms. The number of aromatic nitrogens is 2. The zero-order valence-corrected chi connectivity index (χ0v) is 11.2. The van der Waals surface area contributed by atoms with E-state index in [1.165, 1.54) is 0 Å². The fraction of sp³-hybridized carbons (Fsp3) is 0. The smallest absolute Gasteiger partial charge is 0.213 e. The van der Waals surface area contributed by atoms with Gasteiger partial charge in [0, 0.05) is 28.0 Å². The molecule has 2 aromatic carbocycles. The lowest BCUT2D eigenvalue weighted by Crippen LogP contribution is -2.04. The van der Waals surface area contributed by atoms with Gasteiger partial charge in [0.05, 0.1) is 5.52 Å². The topological polar surface area (TPSA) is 45.8 Å². The van der Waals surface area contributed by atoms with Crippen molar-refractivity contribution in [1.82, 2.24) is 9.97 Å². The molecule has 0 atom stereocenters. The average molecular weight is 272 g/mol. The third-order valence-electron chi connectivity index (χ3n) is 3.68. The first kappa shape index (κ1) is 11.9. The van der Waals surface area contributed by atoms with Gasteiger partial charge in [-0.15, -0.1) is 0 Å². The van der Waals surface area contributed by atoms with E-state index in [4.69, 9.17) is 0 Å². The van der Waals surface area contributed by atoms with Crippen LogP contribution in [0.5, 0.6) is 0 Å². The van der Waals surface area contributed by atoms with Crippen LogP contribution in [-0.4, -0.2) is 15.8 Å². The molecule has 100 valence electrons. The van der Waals surface area contributed by atoms with Crippen LogP contribution in [0.3, 0.4) is 0 Å². The zero-order valence-electron chi connectivity index (χ0n) is 11.2. The van der Waals surface area contributed by atoms with Gasteiger partial charge in [0.2, 0.25) is 5.78 Å². The molecule has 2 heterocycles. The van der Waals surface area contributed by atoms with Gasteiger partial charge in [-0.3, -0.25) is 9.78 Å². The number of hydrogen-bond donors (Lipinski definition) is 1. The number of benzene rings is 2. The molecule has 4 rings (SSSR count). The summed E-state index contributed by atoms with van der Waals surface area (Å²) in [6, 6.07) is 19.2. The molecule has 2 aromatic heterocycles. The number of rotatable bonds is 2. The first-order valence-corrected chi connectivity index (χ1v) is 6.80. The number of nitrogens with zero attached hydrogens (tertiary/aromatic N) is 1. The number of pyridine rings is 1. The van der Waals surface area contributed by atoms with Crippen molar-refractivity contribution in [1.29, 1.82) is 0 Å². The lowest BCUT2D eigenvalue weighted by Gasteiger charge is -2.01. The Labute approximate surface area is 121 Å². The Bertz CT molecular complexity index is 955. The molecule has 0 fully saturated rings. The third-order valence-corrected chi connectivity index (χ3v) is 3.68. The van der Waals surface area contributed by atoms with Crippen LogP contribution in [0.1, 0.15) is 16.1 Å². The van der Waals surface area contributed by atoms with Gasteiger partial charge in [-0.1, -0.05) is 48.5 Å². The number of nitrogens with one attached hydrogen (secondary N) is 1. The Balaban J connectivity index is 1.99. The van der Waals surface area contributed by atoms with Gasteiger partial charge in [0.15, 0.2) is 0 Å². The summed E-state index contributed by atoms with van der Waals surface area (Å²) in [7, 11) is 0. The van der Waals surface area contributed by atoms with Crippen LogP contribution in [0.4, 0.5) is 0 Å². The van der Waals surface area contributed by atoms with E-state index in [0.717, 1.165) is 21.8 Å². The summed E-state index contributed by atoms with van der Waals surface area (Å²) in [5.41, 5.74) is 2.93. The second-order valence-electron chi connectivity index (χ2n) is 4.95. The van der Waals surface area contributed by atoms with Gasteiger partial charge in [-0.05, 0) is 12.1 Å². The maximum Gasteiger partial charge on any atom is 0.213 e. The van der Waals surface area contributed by atoms with E-state index in [2.05, 4.69) is 9.97 Å². The molecular weight excluding hydrogens is 260 g/mol. The van der Waals surface area contributed by atoms with Crippen LogP contribution >= 0.6 is 0 Å². The third kappa shape index (κ3) is 1.82. The van der Waals surface area contributed by atoms with Gasteiger partial charge >= 0.3 is 0 Å². The molecule has 0 spiro atoms. The van der Waals surface area contributed by atoms with E-state index in [1.54, 1.807) is 6.20 Å². The molecule has 4 aromatic rings. The van der Waals surface area contributed by atoms with Crippen molar-refractivity contribution in [2.45, 2.75) is 0 Å². The van der Waals surface area contributed by atoms with Crippen molar-refractivity contribution in [3.8, 4) is 0 Å². The number of carbonyl (C=O) groups is 1. The fourth-order valence-electron chi connectivity index (χ4n) is 2.67. The SMILES string of the molecule is O=C(c1ccccc1)c1nccc2c1[nH]c1ccccc12. The molecule has 0 unspecified atom stereocenters. The molecule has 0 saturated carbocycles. The van der Waals surface area contributed by atoms with E-state index < -0.39 is 0 Å². The molecule has 0 aliphatic carbocycles. The molecular formula is C18H12N2O. The zero-order chi connectivity index (χ0) is 14.2. The van der Waals surface area contributed by atoms with Crippen molar-refractivity contribution < 1.29 is 4.79 Å². The van der Waals surface area contributed by atoms with Crippen LogP contribution in [-0.2, 0) is 0 Å². The number of para-hydroxylation sites is 1. The second-order valence-corrected chi connectivity index (χ2v) is 4.95. The highest BCUT2D eigenvalue weighted by molar-refractivity contribution is 6.18. The number of H-pyrrole nitrogens is 1. The summed E-state index contributed by atoms with van der Waals surface area (Å²) in [5.74, 6) is -0.0623. The Morgan fingerprint density at radius 3 is 2.48 bits per heavy atom. The van der Waals surface area contributed by atoms with Crippen molar-refractivity contribution in [2.24, 2.45) is 0 Å². The molecule has 3 nitrogen and oxygen atoms in total. The summed E-state index contributed by atoms with van der Waals surface area (Å²) < 4.78 is 0. The van der Waals surface area contributed by atoms with Gasteiger partial charge in [0.1, 0.15) is 5.69 Å². The van der Waals surface area contributed by atoms with Gasteiger partial charge in [-0.25, -0.2) is 0 Å². The van der Waals surface area contributed by atoms with Crippen LogP contribution in [0.15, 0.2) is 66.9 Å². The summed E-state index contributed by atoms with van der Waals surface area (Å²) in [4.78, 5) is 20.3.